The van der Waals surface area contributed by atoms with Crippen LogP contribution in [0, 0.1) is 5.92 Å². The van der Waals surface area contributed by atoms with Crippen molar-refractivity contribution in [3.05, 3.63) is 0 Å². The third-order valence-corrected chi connectivity index (χ3v) is 7.95. The molecule has 1 atom stereocenters. The third kappa shape index (κ3) is 4.97. The summed E-state index contributed by atoms with van der Waals surface area (Å²) in [6.45, 7) is 5.74. The van der Waals surface area contributed by atoms with Crippen LogP contribution in [0.15, 0.2) is 0 Å². The van der Waals surface area contributed by atoms with Gasteiger partial charge in [0.05, 0.1) is 19.0 Å². The zero-order valence-electron chi connectivity index (χ0n) is 16.0. The number of nitrogens with zero attached hydrogens (tertiary/aromatic N) is 2. The van der Waals surface area contributed by atoms with Crippen LogP contribution in [-0.4, -0.2) is 88.8 Å². The summed E-state index contributed by atoms with van der Waals surface area (Å²) in [6, 6.07) is 0. The number of hydrogen-bond donors (Lipinski definition) is 0. The van der Waals surface area contributed by atoms with Gasteiger partial charge in [-0.3, -0.25) is 0 Å². The van der Waals surface area contributed by atoms with Gasteiger partial charge in [-0.25, -0.2) is 8.42 Å². The van der Waals surface area contributed by atoms with Crippen LogP contribution in [0.1, 0.15) is 38.5 Å². The van der Waals surface area contributed by atoms with E-state index in [4.69, 9.17) is 14.2 Å². The Morgan fingerprint density at radius 1 is 1.12 bits per heavy atom. The summed E-state index contributed by atoms with van der Waals surface area (Å²) in [5, 5.41) is 0. The fourth-order valence-electron chi connectivity index (χ4n) is 4.49. The summed E-state index contributed by atoms with van der Waals surface area (Å²) in [5.74, 6) is 0.319. The molecule has 0 unspecified atom stereocenters. The predicted octanol–water partition coefficient (Wildman–Crippen LogP) is 1.29. The van der Waals surface area contributed by atoms with Crippen molar-refractivity contribution in [2.24, 2.45) is 5.92 Å². The average Bonchev–Trinajstić information content (AvgIpc) is 3.10. The first-order chi connectivity index (χ1) is 12.6. The normalized spacial score (nSPS) is 28.0. The summed E-state index contributed by atoms with van der Waals surface area (Å²) in [5.41, 5.74) is 0. The van der Waals surface area contributed by atoms with Crippen LogP contribution < -0.4 is 0 Å². The number of sulfonamides is 1. The minimum Gasteiger partial charge on any atom is -0.385 e. The molecule has 0 aromatic heterocycles. The summed E-state index contributed by atoms with van der Waals surface area (Å²) in [4.78, 5) is 2.39. The van der Waals surface area contributed by atoms with Crippen LogP contribution in [-0.2, 0) is 24.2 Å². The molecule has 7 nitrogen and oxygen atoms in total. The Morgan fingerprint density at radius 3 is 2.54 bits per heavy atom. The van der Waals surface area contributed by atoms with Gasteiger partial charge in [-0.1, -0.05) is 6.42 Å². The van der Waals surface area contributed by atoms with E-state index in [0.717, 1.165) is 45.7 Å². The summed E-state index contributed by atoms with van der Waals surface area (Å²) < 4.78 is 43.3. The van der Waals surface area contributed by atoms with Gasteiger partial charge in [0.2, 0.25) is 10.0 Å². The van der Waals surface area contributed by atoms with E-state index in [1.165, 1.54) is 19.3 Å². The highest BCUT2D eigenvalue weighted by atomic mass is 32.2. The van der Waals surface area contributed by atoms with Gasteiger partial charge in [-0.15, -0.1) is 0 Å². The minimum absolute atomic E-state index is 0.181. The Kier molecular flexibility index (Phi) is 7.32. The van der Waals surface area contributed by atoms with E-state index in [1.54, 1.807) is 11.4 Å². The Bertz CT molecular complexity index is 528. The van der Waals surface area contributed by atoms with Crippen molar-refractivity contribution in [2.45, 2.75) is 44.3 Å². The summed E-state index contributed by atoms with van der Waals surface area (Å²) >= 11 is 0. The molecule has 1 aliphatic carbocycles. The number of rotatable bonds is 8. The molecule has 3 aliphatic rings. The molecule has 8 heteroatoms. The van der Waals surface area contributed by atoms with E-state index < -0.39 is 10.0 Å². The van der Waals surface area contributed by atoms with Crippen LogP contribution in [0.3, 0.4) is 0 Å². The van der Waals surface area contributed by atoms with E-state index in [1.807, 2.05) is 0 Å². The number of piperazine rings is 1. The molecule has 2 heterocycles. The van der Waals surface area contributed by atoms with Crippen molar-refractivity contribution in [3.8, 4) is 0 Å². The van der Waals surface area contributed by atoms with Gasteiger partial charge in [-0.05, 0) is 32.2 Å². The highest BCUT2D eigenvalue weighted by molar-refractivity contribution is 7.89. The topological polar surface area (TPSA) is 68.3 Å². The van der Waals surface area contributed by atoms with Gasteiger partial charge in [0.1, 0.15) is 0 Å². The molecule has 0 N–H and O–H groups in total. The maximum atomic E-state index is 12.4. The Hall–Kier alpha value is -0.250. The van der Waals surface area contributed by atoms with Crippen LogP contribution in [0.25, 0.3) is 0 Å². The summed E-state index contributed by atoms with van der Waals surface area (Å²) in [7, 11) is -1.55. The van der Waals surface area contributed by atoms with Crippen LogP contribution in [0.2, 0.25) is 0 Å². The fraction of sp³-hybridized carbons (Fsp3) is 1.00. The second kappa shape index (κ2) is 9.30. The molecule has 0 radical (unpaired) electrons. The Morgan fingerprint density at radius 2 is 1.85 bits per heavy atom. The van der Waals surface area contributed by atoms with Gasteiger partial charge in [0.15, 0.2) is 5.79 Å². The fourth-order valence-corrected chi connectivity index (χ4v) is 5.95. The molecule has 1 spiro atoms. The molecule has 0 bridgehead atoms. The highest BCUT2D eigenvalue weighted by Gasteiger charge is 2.45. The number of methoxy groups -OCH3 is 1. The number of hydrogen-bond acceptors (Lipinski definition) is 6. The molecule has 0 aromatic carbocycles. The molecule has 152 valence electrons. The molecular weight excluding hydrogens is 356 g/mol. The van der Waals surface area contributed by atoms with E-state index >= 15 is 0 Å². The molecule has 26 heavy (non-hydrogen) atoms. The molecule has 2 aliphatic heterocycles. The van der Waals surface area contributed by atoms with Gasteiger partial charge in [0, 0.05) is 52.2 Å². The maximum Gasteiger partial charge on any atom is 0.214 e. The zero-order chi connectivity index (χ0) is 18.5. The molecule has 2 saturated heterocycles. The lowest BCUT2D eigenvalue weighted by Gasteiger charge is -2.41. The molecule has 3 rings (SSSR count). The van der Waals surface area contributed by atoms with Crippen molar-refractivity contribution >= 4 is 10.0 Å². The second-order valence-electron chi connectivity index (χ2n) is 7.64. The standard InChI is InChI=1S/C18H34N2O5S/c1-23-13-4-16-26(21,22)20-11-9-19(10-12-20)8-6-17-5-2-3-7-18(17)24-14-15-25-18/h17H,2-16H2,1H3/t17-/m0/s1. The maximum absolute atomic E-state index is 12.4. The second-order valence-corrected chi connectivity index (χ2v) is 9.73. The lowest BCUT2D eigenvalue weighted by atomic mass is 9.81. The SMILES string of the molecule is COCCCS(=O)(=O)N1CCN(CC[C@@H]2CCCCC23OCCO3)CC1. The molecule has 1 saturated carbocycles. The van der Waals surface area contributed by atoms with E-state index in [2.05, 4.69) is 4.90 Å². The van der Waals surface area contributed by atoms with Crippen molar-refractivity contribution in [1.82, 2.24) is 9.21 Å². The predicted molar refractivity (Wildman–Crippen MR) is 99.5 cm³/mol. The van der Waals surface area contributed by atoms with E-state index in [9.17, 15) is 8.42 Å². The summed E-state index contributed by atoms with van der Waals surface area (Å²) in [6.07, 6.45) is 6.27. The average molecular weight is 391 g/mol. The van der Waals surface area contributed by atoms with Crippen molar-refractivity contribution in [3.63, 3.8) is 0 Å². The Labute approximate surface area is 158 Å². The third-order valence-electron chi connectivity index (χ3n) is 6.00. The van der Waals surface area contributed by atoms with Crippen molar-refractivity contribution in [2.75, 3.05) is 65.4 Å². The van der Waals surface area contributed by atoms with Crippen LogP contribution >= 0.6 is 0 Å². The first-order valence-electron chi connectivity index (χ1n) is 10.0. The molecular formula is C18H34N2O5S. The highest BCUT2D eigenvalue weighted by Crippen LogP contribution is 2.42. The van der Waals surface area contributed by atoms with Gasteiger partial charge in [0.25, 0.3) is 0 Å². The van der Waals surface area contributed by atoms with Crippen LogP contribution in [0.5, 0.6) is 0 Å². The molecule has 3 fully saturated rings. The van der Waals surface area contributed by atoms with E-state index in [-0.39, 0.29) is 11.5 Å². The van der Waals surface area contributed by atoms with E-state index in [0.29, 0.717) is 32.0 Å². The first-order valence-corrected chi connectivity index (χ1v) is 11.6. The van der Waals surface area contributed by atoms with Gasteiger partial charge >= 0.3 is 0 Å². The van der Waals surface area contributed by atoms with Gasteiger partial charge in [-0.2, -0.15) is 4.31 Å². The first kappa shape index (κ1) is 20.5. The lowest BCUT2D eigenvalue weighted by molar-refractivity contribution is -0.214. The van der Waals surface area contributed by atoms with Crippen molar-refractivity contribution < 1.29 is 22.6 Å². The monoisotopic (exact) mass is 390 g/mol. The van der Waals surface area contributed by atoms with Crippen molar-refractivity contribution in [1.29, 1.82) is 0 Å². The van der Waals surface area contributed by atoms with Crippen LogP contribution in [0.4, 0.5) is 0 Å². The number of ether oxygens (including phenoxy) is 3. The molecule has 0 amide bonds. The quantitative estimate of drug-likeness (QED) is 0.582. The minimum atomic E-state index is -3.15. The van der Waals surface area contributed by atoms with Gasteiger partial charge < -0.3 is 19.1 Å². The lowest BCUT2D eigenvalue weighted by Crippen LogP contribution is -2.50. The smallest absolute Gasteiger partial charge is 0.214 e. The zero-order valence-corrected chi connectivity index (χ0v) is 16.8. The molecule has 0 aromatic rings. The Balaban J connectivity index is 1.42. The largest absolute Gasteiger partial charge is 0.385 e.